The maximum Gasteiger partial charge on any atom is 0.244 e. The third kappa shape index (κ3) is 2.72. The number of nitrogens with zero attached hydrogens (tertiary/aromatic N) is 3. The zero-order chi connectivity index (χ0) is 17.3. The molecular formula is C18H21N3O2S. The molecule has 0 saturated carbocycles. The molecule has 24 heavy (non-hydrogen) atoms. The van der Waals surface area contributed by atoms with Crippen LogP contribution in [0.5, 0.6) is 0 Å². The summed E-state index contributed by atoms with van der Waals surface area (Å²) in [6, 6.07) is 11.8. The summed E-state index contributed by atoms with van der Waals surface area (Å²) in [6.07, 6.45) is 3.12. The normalized spacial score (nSPS) is 12.2. The SMILES string of the molecule is CCN(CC)S(=O)(=O)c1cncc(-c2cc3ccccc3n2C)c1. The quantitative estimate of drug-likeness (QED) is 0.714. The van der Waals surface area contributed by atoms with Crippen molar-refractivity contribution in [3.8, 4) is 11.3 Å². The number of aromatic nitrogens is 2. The van der Waals surface area contributed by atoms with E-state index in [2.05, 4.69) is 15.6 Å². The first-order chi connectivity index (χ1) is 11.5. The summed E-state index contributed by atoms with van der Waals surface area (Å²) in [6.45, 7) is 4.55. The molecule has 0 aliphatic carbocycles. The van der Waals surface area contributed by atoms with Crippen molar-refractivity contribution in [1.82, 2.24) is 13.9 Å². The lowest BCUT2D eigenvalue weighted by molar-refractivity contribution is 0.445. The number of rotatable bonds is 5. The highest BCUT2D eigenvalue weighted by Gasteiger charge is 2.22. The van der Waals surface area contributed by atoms with E-state index in [9.17, 15) is 8.42 Å². The van der Waals surface area contributed by atoms with Gasteiger partial charge < -0.3 is 4.57 Å². The monoisotopic (exact) mass is 343 g/mol. The molecule has 0 N–H and O–H groups in total. The molecule has 0 atom stereocenters. The lowest BCUT2D eigenvalue weighted by atomic mass is 10.2. The number of benzene rings is 1. The minimum atomic E-state index is -3.51. The summed E-state index contributed by atoms with van der Waals surface area (Å²) in [5.41, 5.74) is 2.84. The van der Waals surface area contributed by atoms with Crippen LogP contribution in [0.1, 0.15) is 13.8 Å². The van der Waals surface area contributed by atoms with Crippen molar-refractivity contribution in [1.29, 1.82) is 0 Å². The Balaban J connectivity index is 2.12. The third-order valence-corrected chi connectivity index (χ3v) is 6.32. The number of pyridine rings is 1. The lowest BCUT2D eigenvalue weighted by Crippen LogP contribution is -2.30. The number of hydrogen-bond donors (Lipinski definition) is 0. The first kappa shape index (κ1) is 16.7. The van der Waals surface area contributed by atoms with Gasteiger partial charge in [-0.05, 0) is 18.2 Å². The van der Waals surface area contributed by atoms with Crippen LogP contribution in [0.15, 0.2) is 53.7 Å². The molecule has 0 spiro atoms. The van der Waals surface area contributed by atoms with Gasteiger partial charge in [0.25, 0.3) is 0 Å². The van der Waals surface area contributed by atoms with Gasteiger partial charge >= 0.3 is 0 Å². The summed E-state index contributed by atoms with van der Waals surface area (Å²) in [7, 11) is -1.54. The van der Waals surface area contributed by atoms with Gasteiger partial charge in [0.05, 0.1) is 5.69 Å². The zero-order valence-corrected chi connectivity index (χ0v) is 14.9. The van der Waals surface area contributed by atoms with Crippen LogP contribution in [0.25, 0.3) is 22.2 Å². The van der Waals surface area contributed by atoms with Crippen LogP contribution in [-0.2, 0) is 17.1 Å². The fourth-order valence-electron chi connectivity index (χ4n) is 2.98. The molecule has 2 heterocycles. The van der Waals surface area contributed by atoms with Gasteiger partial charge in [-0.3, -0.25) is 4.98 Å². The molecule has 126 valence electrons. The fraction of sp³-hybridized carbons (Fsp3) is 0.278. The molecule has 1 aromatic carbocycles. The number of hydrogen-bond acceptors (Lipinski definition) is 3. The van der Waals surface area contributed by atoms with Crippen molar-refractivity contribution in [2.45, 2.75) is 18.7 Å². The Morgan fingerprint density at radius 2 is 1.79 bits per heavy atom. The summed E-state index contributed by atoms with van der Waals surface area (Å²) < 4.78 is 28.9. The standard InChI is InChI=1S/C18H21N3O2S/c1-4-21(5-2)24(22,23)16-10-15(12-19-13-16)18-11-14-8-6-7-9-17(14)20(18)3/h6-13H,4-5H2,1-3H3. The number of aryl methyl sites for hydroxylation is 1. The maximum atomic E-state index is 12.7. The summed E-state index contributed by atoms with van der Waals surface area (Å²) in [5, 5.41) is 1.12. The van der Waals surface area contributed by atoms with Crippen LogP contribution in [0.3, 0.4) is 0 Å². The van der Waals surface area contributed by atoms with E-state index in [0.717, 1.165) is 22.2 Å². The Kier molecular flexibility index (Phi) is 4.43. The average molecular weight is 343 g/mol. The molecule has 3 aromatic rings. The van der Waals surface area contributed by atoms with Crippen molar-refractivity contribution >= 4 is 20.9 Å². The Bertz CT molecular complexity index is 973. The highest BCUT2D eigenvalue weighted by Crippen LogP contribution is 2.28. The second-order valence-corrected chi connectivity index (χ2v) is 7.58. The Labute approximate surface area is 142 Å². The molecule has 3 rings (SSSR count). The van der Waals surface area contributed by atoms with Gasteiger partial charge in [0.15, 0.2) is 0 Å². The summed E-state index contributed by atoms with van der Waals surface area (Å²) in [5.74, 6) is 0. The summed E-state index contributed by atoms with van der Waals surface area (Å²) in [4.78, 5) is 4.40. The molecule has 0 unspecified atom stereocenters. The number of fused-ring (bicyclic) bond motifs is 1. The van der Waals surface area contributed by atoms with Crippen LogP contribution in [0.4, 0.5) is 0 Å². The Hall–Kier alpha value is -2.18. The van der Waals surface area contributed by atoms with Crippen molar-refractivity contribution in [2.75, 3.05) is 13.1 Å². The molecule has 0 aliphatic heterocycles. The van der Waals surface area contributed by atoms with Gasteiger partial charge in [0.1, 0.15) is 4.90 Å². The molecule has 0 radical (unpaired) electrons. The predicted molar refractivity (Wildman–Crippen MR) is 96.3 cm³/mol. The van der Waals surface area contributed by atoms with Gasteiger partial charge in [-0.25, -0.2) is 8.42 Å². The second kappa shape index (κ2) is 6.37. The van der Waals surface area contributed by atoms with Gasteiger partial charge in [-0.1, -0.05) is 32.0 Å². The Morgan fingerprint density at radius 3 is 2.46 bits per heavy atom. The van der Waals surface area contributed by atoms with E-state index in [-0.39, 0.29) is 4.90 Å². The van der Waals surface area contributed by atoms with Crippen molar-refractivity contribution in [3.05, 3.63) is 48.8 Å². The zero-order valence-electron chi connectivity index (χ0n) is 14.1. The van der Waals surface area contributed by atoms with Crippen molar-refractivity contribution in [3.63, 3.8) is 0 Å². The van der Waals surface area contributed by atoms with Crippen LogP contribution in [0, 0.1) is 0 Å². The second-order valence-electron chi connectivity index (χ2n) is 5.65. The highest BCUT2D eigenvalue weighted by molar-refractivity contribution is 7.89. The van der Waals surface area contributed by atoms with Crippen LogP contribution in [0.2, 0.25) is 0 Å². The largest absolute Gasteiger partial charge is 0.344 e. The molecule has 0 fully saturated rings. The van der Waals surface area contributed by atoms with E-state index in [4.69, 9.17) is 0 Å². The molecule has 2 aromatic heterocycles. The molecule has 6 heteroatoms. The first-order valence-corrected chi connectivity index (χ1v) is 9.43. The third-order valence-electron chi connectivity index (χ3n) is 4.30. The molecular weight excluding hydrogens is 322 g/mol. The average Bonchev–Trinajstić information content (AvgIpc) is 2.93. The van der Waals surface area contributed by atoms with Gasteiger partial charge in [-0.2, -0.15) is 4.31 Å². The van der Waals surface area contributed by atoms with Crippen LogP contribution < -0.4 is 0 Å². The summed E-state index contributed by atoms with van der Waals surface area (Å²) >= 11 is 0. The smallest absolute Gasteiger partial charge is 0.244 e. The van der Waals surface area contributed by atoms with E-state index in [1.54, 1.807) is 12.3 Å². The lowest BCUT2D eigenvalue weighted by Gasteiger charge is -2.18. The van der Waals surface area contributed by atoms with E-state index < -0.39 is 10.0 Å². The molecule has 0 amide bonds. The van der Waals surface area contributed by atoms with Crippen molar-refractivity contribution < 1.29 is 8.42 Å². The maximum absolute atomic E-state index is 12.7. The van der Waals surface area contributed by atoms with Crippen LogP contribution >= 0.6 is 0 Å². The molecule has 0 saturated heterocycles. The van der Waals surface area contributed by atoms with Gasteiger partial charge in [0.2, 0.25) is 10.0 Å². The predicted octanol–water partition coefficient (Wildman–Crippen LogP) is 3.27. The van der Waals surface area contributed by atoms with E-state index in [0.29, 0.717) is 13.1 Å². The number of para-hydroxylation sites is 1. The molecule has 0 aliphatic rings. The molecule has 5 nitrogen and oxygen atoms in total. The van der Waals surface area contributed by atoms with Crippen molar-refractivity contribution in [2.24, 2.45) is 7.05 Å². The minimum absolute atomic E-state index is 0.231. The topological polar surface area (TPSA) is 55.2 Å². The Morgan fingerprint density at radius 1 is 1.08 bits per heavy atom. The van der Waals surface area contributed by atoms with Gasteiger partial charge in [0, 0.05) is 49.0 Å². The minimum Gasteiger partial charge on any atom is -0.344 e. The number of sulfonamides is 1. The first-order valence-electron chi connectivity index (χ1n) is 7.99. The van der Waals surface area contributed by atoms with Crippen LogP contribution in [-0.4, -0.2) is 35.4 Å². The fourth-order valence-corrected chi connectivity index (χ4v) is 4.43. The van der Waals surface area contributed by atoms with Gasteiger partial charge in [-0.15, -0.1) is 0 Å². The highest BCUT2D eigenvalue weighted by atomic mass is 32.2. The van der Waals surface area contributed by atoms with E-state index >= 15 is 0 Å². The van der Waals surface area contributed by atoms with E-state index in [1.807, 2.05) is 45.2 Å². The van der Waals surface area contributed by atoms with E-state index in [1.165, 1.54) is 10.5 Å². The molecule has 0 bridgehead atoms.